The average Bonchev–Trinajstić information content (AvgIpc) is 2.97. The fraction of sp³-hybridized carbons (Fsp3) is 0.405. The Bertz CT molecular complexity index is 1410. The van der Waals surface area contributed by atoms with Crippen LogP contribution in [-0.4, -0.2) is 38.0 Å². The van der Waals surface area contributed by atoms with Gasteiger partial charge in [0.05, 0.1) is 32.0 Å². The highest BCUT2D eigenvalue weighted by atomic mass is 16.5. The van der Waals surface area contributed by atoms with E-state index in [0.29, 0.717) is 55.0 Å². The molecule has 0 N–H and O–H groups in total. The van der Waals surface area contributed by atoms with Crippen LogP contribution < -0.4 is 18.9 Å². The molecular weight excluding hydrogens is 540 g/mol. The van der Waals surface area contributed by atoms with Crippen LogP contribution in [0.4, 0.5) is 0 Å². The number of rotatable bonds is 15. The van der Waals surface area contributed by atoms with Gasteiger partial charge >= 0.3 is 0 Å². The number of carbonyl (C=O) groups is 2. The molecule has 0 aliphatic heterocycles. The zero-order valence-corrected chi connectivity index (χ0v) is 26.8. The Balaban J connectivity index is 2.02. The second-order valence-electron chi connectivity index (χ2n) is 11.0. The van der Waals surface area contributed by atoms with E-state index in [4.69, 9.17) is 18.9 Å². The first-order chi connectivity index (χ1) is 20.6. The van der Waals surface area contributed by atoms with Crippen molar-refractivity contribution in [1.82, 2.24) is 0 Å². The van der Waals surface area contributed by atoms with Gasteiger partial charge in [0, 0.05) is 0 Å². The summed E-state index contributed by atoms with van der Waals surface area (Å²) in [5.41, 5.74) is 3.89. The molecule has 0 unspecified atom stereocenters. The van der Waals surface area contributed by atoms with Gasteiger partial charge in [0.2, 0.25) is 0 Å². The third-order valence-corrected chi connectivity index (χ3v) is 7.35. The summed E-state index contributed by atoms with van der Waals surface area (Å²) in [4.78, 5) is 27.3. The van der Waals surface area contributed by atoms with Gasteiger partial charge in [0.1, 0.15) is 0 Å². The third-order valence-electron chi connectivity index (χ3n) is 7.35. The van der Waals surface area contributed by atoms with Gasteiger partial charge in [-0.25, -0.2) is 0 Å². The van der Waals surface area contributed by atoms with Crippen LogP contribution in [0.2, 0.25) is 0 Å². The first-order valence-corrected chi connectivity index (χ1v) is 15.3. The Hall–Kier alpha value is -4.06. The maximum Gasteiger partial charge on any atom is 0.189 e. The zero-order valence-electron chi connectivity index (χ0n) is 26.8. The Morgan fingerprint density at radius 1 is 0.721 bits per heavy atom. The van der Waals surface area contributed by atoms with Crippen LogP contribution in [0.3, 0.4) is 0 Å². The maximum atomic E-state index is 13.7. The summed E-state index contributed by atoms with van der Waals surface area (Å²) < 4.78 is 22.9. The topological polar surface area (TPSA) is 71.1 Å². The lowest BCUT2D eigenvalue weighted by molar-refractivity contribution is -0.116. The molecule has 1 aliphatic carbocycles. The van der Waals surface area contributed by atoms with Crippen LogP contribution in [0.25, 0.3) is 12.2 Å². The fourth-order valence-electron chi connectivity index (χ4n) is 5.28. The molecule has 3 rings (SSSR count). The van der Waals surface area contributed by atoms with Crippen LogP contribution in [-0.2, 0) is 9.59 Å². The molecule has 2 aromatic rings. The molecule has 0 fully saturated rings. The lowest BCUT2D eigenvalue weighted by Gasteiger charge is -2.32. The van der Waals surface area contributed by atoms with E-state index in [1.807, 2.05) is 58.0 Å². The van der Waals surface area contributed by atoms with Gasteiger partial charge < -0.3 is 18.9 Å². The number of hydrogen-bond acceptors (Lipinski definition) is 6. The van der Waals surface area contributed by atoms with Gasteiger partial charge in [-0.05, 0) is 118 Å². The molecule has 0 amide bonds. The second kappa shape index (κ2) is 16.0. The van der Waals surface area contributed by atoms with Crippen LogP contribution in [0, 0.1) is 5.41 Å². The van der Waals surface area contributed by atoms with Crippen molar-refractivity contribution < 1.29 is 28.5 Å². The molecular formula is C37H46O6. The number of ether oxygens (including phenoxy) is 4. The van der Waals surface area contributed by atoms with E-state index < -0.39 is 5.78 Å². The molecule has 0 heterocycles. The predicted molar refractivity (Wildman–Crippen MR) is 174 cm³/mol. The van der Waals surface area contributed by atoms with E-state index in [0.717, 1.165) is 30.4 Å². The molecule has 230 valence electrons. The van der Waals surface area contributed by atoms with Crippen LogP contribution >= 0.6 is 0 Å². The lowest BCUT2D eigenvalue weighted by atomic mass is 9.72. The van der Waals surface area contributed by atoms with Crippen LogP contribution in [0.15, 0.2) is 71.3 Å². The Kier molecular flexibility index (Phi) is 12.4. The molecule has 0 bridgehead atoms. The first-order valence-electron chi connectivity index (χ1n) is 15.3. The maximum absolute atomic E-state index is 13.7. The van der Waals surface area contributed by atoms with Crippen molar-refractivity contribution in [2.45, 2.75) is 67.7 Å². The molecule has 6 heteroatoms. The molecule has 6 nitrogen and oxygen atoms in total. The highest BCUT2D eigenvalue weighted by molar-refractivity contribution is 6.30. The van der Waals surface area contributed by atoms with Crippen LogP contribution in [0.1, 0.15) is 78.9 Å². The summed E-state index contributed by atoms with van der Waals surface area (Å²) in [7, 11) is 0. The SMILES string of the molecule is CCOc1ccc(/C=C(\C(=O)/C=C/C2=C(C)CCCC2(C)C)C(=O)/C=C/c2ccc(OCC)c(OCC)c2)cc1OCC. The number of hydrogen-bond donors (Lipinski definition) is 0. The molecule has 0 spiro atoms. The summed E-state index contributed by atoms with van der Waals surface area (Å²) in [6, 6.07) is 10.9. The summed E-state index contributed by atoms with van der Waals surface area (Å²) in [6.07, 6.45) is 11.4. The minimum atomic E-state index is -0.401. The van der Waals surface area contributed by atoms with E-state index in [9.17, 15) is 9.59 Å². The molecule has 0 radical (unpaired) electrons. The third kappa shape index (κ3) is 9.21. The quantitative estimate of drug-likeness (QED) is 0.118. The van der Waals surface area contributed by atoms with Crippen molar-refractivity contribution in [3.8, 4) is 23.0 Å². The zero-order chi connectivity index (χ0) is 31.4. The van der Waals surface area contributed by atoms with Crippen molar-refractivity contribution in [3.63, 3.8) is 0 Å². The Morgan fingerprint density at radius 3 is 1.74 bits per heavy atom. The Morgan fingerprint density at radius 2 is 1.21 bits per heavy atom. The minimum Gasteiger partial charge on any atom is -0.490 e. The van der Waals surface area contributed by atoms with E-state index in [1.54, 1.807) is 24.3 Å². The van der Waals surface area contributed by atoms with Crippen LogP contribution in [0.5, 0.6) is 23.0 Å². The predicted octanol–water partition coefficient (Wildman–Crippen LogP) is 8.60. The Labute approximate surface area is 257 Å². The van der Waals surface area contributed by atoms with Crippen molar-refractivity contribution in [3.05, 3.63) is 82.5 Å². The van der Waals surface area contributed by atoms with E-state index in [1.165, 1.54) is 17.7 Å². The number of ketones is 2. The summed E-state index contributed by atoms with van der Waals surface area (Å²) in [5, 5.41) is 0. The van der Waals surface area contributed by atoms with Crippen molar-refractivity contribution in [2.24, 2.45) is 5.41 Å². The minimum absolute atomic E-state index is 0.0275. The lowest BCUT2D eigenvalue weighted by Crippen LogP contribution is -2.19. The van der Waals surface area contributed by atoms with E-state index in [2.05, 4.69) is 20.8 Å². The number of carbonyl (C=O) groups excluding carboxylic acids is 2. The monoisotopic (exact) mass is 586 g/mol. The summed E-state index contributed by atoms with van der Waals surface area (Å²) in [6.45, 7) is 16.1. The van der Waals surface area contributed by atoms with E-state index >= 15 is 0 Å². The van der Waals surface area contributed by atoms with Gasteiger partial charge in [-0.3, -0.25) is 9.59 Å². The fourth-order valence-corrected chi connectivity index (χ4v) is 5.28. The number of allylic oxidation sites excluding steroid dienone is 6. The second-order valence-corrected chi connectivity index (χ2v) is 11.0. The van der Waals surface area contributed by atoms with Crippen molar-refractivity contribution >= 4 is 23.7 Å². The largest absolute Gasteiger partial charge is 0.490 e. The standard InChI is InChI=1S/C37H46O6/c1-8-40-33-20-15-27(24-35(33)42-10-3)14-18-31(38)29(23-28-16-21-34(41-9-2)36(25-28)43-11-4)32(39)19-17-30-26(5)13-12-22-37(30,6)7/h14-21,23-25H,8-13,22H2,1-7H3/b18-14+,19-17+,29-23-. The molecule has 1 aliphatic rings. The molecule has 0 aromatic heterocycles. The van der Waals surface area contributed by atoms with Crippen molar-refractivity contribution in [1.29, 1.82) is 0 Å². The van der Waals surface area contributed by atoms with Gasteiger partial charge in [0.25, 0.3) is 0 Å². The molecule has 43 heavy (non-hydrogen) atoms. The van der Waals surface area contributed by atoms with E-state index in [-0.39, 0.29) is 16.8 Å². The molecule has 0 saturated heterocycles. The molecule has 0 saturated carbocycles. The smallest absolute Gasteiger partial charge is 0.189 e. The highest BCUT2D eigenvalue weighted by Crippen LogP contribution is 2.40. The van der Waals surface area contributed by atoms with Gasteiger partial charge in [-0.2, -0.15) is 0 Å². The molecule has 0 atom stereocenters. The normalized spacial score (nSPS) is 15.2. The average molecular weight is 587 g/mol. The van der Waals surface area contributed by atoms with Gasteiger partial charge in [-0.1, -0.05) is 43.7 Å². The first kappa shape index (κ1) is 33.4. The number of benzene rings is 2. The van der Waals surface area contributed by atoms with Gasteiger partial charge in [-0.15, -0.1) is 0 Å². The van der Waals surface area contributed by atoms with Gasteiger partial charge in [0.15, 0.2) is 34.6 Å². The molecule has 2 aromatic carbocycles. The summed E-state index contributed by atoms with van der Waals surface area (Å²) >= 11 is 0. The van der Waals surface area contributed by atoms with Crippen molar-refractivity contribution in [2.75, 3.05) is 26.4 Å². The highest BCUT2D eigenvalue weighted by Gasteiger charge is 2.27. The summed E-state index contributed by atoms with van der Waals surface area (Å²) in [5.74, 6) is 1.66.